The lowest BCUT2D eigenvalue weighted by molar-refractivity contribution is 0.172. The predicted octanol–water partition coefficient (Wildman–Crippen LogP) is 4.81. The summed E-state index contributed by atoms with van der Waals surface area (Å²) in [4.78, 5) is 3.36. The summed E-state index contributed by atoms with van der Waals surface area (Å²) in [5, 5.41) is 16.5. The second-order valence-electron chi connectivity index (χ2n) is 7.70. The van der Waals surface area contributed by atoms with Gasteiger partial charge in [0.15, 0.2) is 0 Å². The number of aliphatic hydroxyl groups excluding tert-OH is 1. The molecule has 10 heteroatoms. The van der Waals surface area contributed by atoms with Gasteiger partial charge >= 0.3 is 0 Å². The third-order valence-electron chi connectivity index (χ3n) is 5.09. The Labute approximate surface area is 205 Å². The van der Waals surface area contributed by atoms with E-state index in [4.69, 9.17) is 16.3 Å². The summed E-state index contributed by atoms with van der Waals surface area (Å²) >= 11 is 9.38. The van der Waals surface area contributed by atoms with Crippen molar-refractivity contribution in [2.45, 2.75) is 6.10 Å². The minimum Gasteiger partial charge on any atom is -0.492 e. The zero-order chi connectivity index (χ0) is 23.6. The van der Waals surface area contributed by atoms with E-state index in [0.717, 1.165) is 33.8 Å². The maximum atomic E-state index is 11.5. The minimum atomic E-state index is -3.42. The lowest BCUT2D eigenvalue weighted by Crippen LogP contribution is -2.26. The Balaban J connectivity index is 1.30. The van der Waals surface area contributed by atoms with Crippen molar-refractivity contribution < 1.29 is 18.3 Å². The molecule has 0 radical (unpaired) electrons. The molecule has 4 N–H and O–H groups in total. The van der Waals surface area contributed by atoms with Gasteiger partial charge in [0.2, 0.25) is 10.0 Å². The van der Waals surface area contributed by atoms with Gasteiger partial charge in [-0.25, -0.2) is 8.42 Å². The lowest BCUT2D eigenvalue weighted by atomic mass is 10.1. The largest absolute Gasteiger partial charge is 0.492 e. The van der Waals surface area contributed by atoms with E-state index in [1.54, 1.807) is 18.2 Å². The molecular weight excluding hydrogens is 530 g/mol. The summed E-state index contributed by atoms with van der Waals surface area (Å²) in [6.07, 6.45) is 0.281. The summed E-state index contributed by atoms with van der Waals surface area (Å²) in [7, 11) is -3.42. The van der Waals surface area contributed by atoms with Crippen LogP contribution in [0.3, 0.4) is 0 Å². The molecule has 0 aliphatic heterocycles. The van der Waals surface area contributed by atoms with E-state index in [0.29, 0.717) is 40.4 Å². The average molecular weight is 553 g/mol. The first-order chi connectivity index (χ1) is 15.7. The molecular formula is C23H23BrClN3O4S. The van der Waals surface area contributed by atoms with Gasteiger partial charge in [0.1, 0.15) is 12.4 Å². The molecule has 0 fully saturated rings. The molecule has 174 valence electrons. The number of aliphatic hydroxyl groups is 1. The second kappa shape index (κ2) is 9.90. The highest BCUT2D eigenvalue weighted by atomic mass is 79.9. The van der Waals surface area contributed by atoms with Crippen LogP contribution in [-0.2, 0) is 10.0 Å². The van der Waals surface area contributed by atoms with Crippen molar-refractivity contribution in [2.75, 3.05) is 30.7 Å². The van der Waals surface area contributed by atoms with Crippen LogP contribution >= 0.6 is 27.5 Å². The quantitative estimate of drug-likeness (QED) is 0.223. The van der Waals surface area contributed by atoms with Gasteiger partial charge in [-0.05, 0) is 57.9 Å². The van der Waals surface area contributed by atoms with Crippen LogP contribution in [-0.4, -0.2) is 44.5 Å². The zero-order valence-corrected chi connectivity index (χ0v) is 20.9. The molecule has 7 nitrogen and oxygen atoms in total. The molecule has 0 saturated carbocycles. The standard InChI is InChI=1S/C23H23BrClN3O4S/c1-33(30,31)28-22-10-14(2-7-19(22)24)23(29)13-26-8-9-32-16-4-6-18-17-5-3-15(25)11-20(17)27-21(18)12-16/h2-7,10-12,23,26-29H,8-9,13H2,1H3/t23-/m1/s1. The Morgan fingerprint density at radius 3 is 2.58 bits per heavy atom. The third-order valence-corrected chi connectivity index (χ3v) is 6.61. The molecule has 0 bridgehead atoms. The van der Waals surface area contributed by atoms with Crippen LogP contribution in [0.25, 0.3) is 21.8 Å². The maximum Gasteiger partial charge on any atom is 0.229 e. The summed E-state index contributed by atoms with van der Waals surface area (Å²) in [6.45, 7) is 1.25. The van der Waals surface area contributed by atoms with Crippen molar-refractivity contribution in [1.29, 1.82) is 0 Å². The second-order valence-corrected chi connectivity index (χ2v) is 10.7. The van der Waals surface area contributed by atoms with Crippen molar-refractivity contribution in [2.24, 2.45) is 0 Å². The number of hydrogen-bond donors (Lipinski definition) is 4. The number of hydrogen-bond acceptors (Lipinski definition) is 5. The van der Waals surface area contributed by atoms with Crippen LogP contribution in [0, 0.1) is 0 Å². The number of sulfonamides is 1. The molecule has 0 aliphatic carbocycles. The first kappa shape index (κ1) is 23.8. The van der Waals surface area contributed by atoms with Crippen LogP contribution in [0.1, 0.15) is 11.7 Å². The van der Waals surface area contributed by atoms with E-state index in [1.165, 1.54) is 0 Å². The highest BCUT2D eigenvalue weighted by Gasteiger charge is 2.12. The highest BCUT2D eigenvalue weighted by Crippen LogP contribution is 2.30. The summed E-state index contributed by atoms with van der Waals surface area (Å²) < 4.78 is 31.9. The van der Waals surface area contributed by atoms with Gasteiger partial charge in [-0.2, -0.15) is 0 Å². The fourth-order valence-electron chi connectivity index (χ4n) is 3.58. The summed E-state index contributed by atoms with van der Waals surface area (Å²) in [5.74, 6) is 0.743. The van der Waals surface area contributed by atoms with Gasteiger partial charge in [0, 0.05) is 44.9 Å². The van der Waals surface area contributed by atoms with Crippen LogP contribution in [0.2, 0.25) is 5.02 Å². The molecule has 0 spiro atoms. The number of fused-ring (bicyclic) bond motifs is 3. The Morgan fingerprint density at radius 2 is 1.82 bits per heavy atom. The molecule has 1 atom stereocenters. The topological polar surface area (TPSA) is 103 Å². The summed E-state index contributed by atoms with van der Waals surface area (Å²) in [6, 6.07) is 16.7. The third kappa shape index (κ3) is 5.99. The van der Waals surface area contributed by atoms with Crippen LogP contribution in [0.5, 0.6) is 5.75 Å². The Bertz CT molecular complexity index is 1410. The number of aromatic nitrogens is 1. The molecule has 1 heterocycles. The Morgan fingerprint density at radius 1 is 1.09 bits per heavy atom. The first-order valence-corrected chi connectivity index (χ1v) is 13.3. The number of benzene rings is 3. The number of rotatable bonds is 9. The molecule has 1 aromatic heterocycles. The van der Waals surface area contributed by atoms with E-state index in [2.05, 4.69) is 31.0 Å². The van der Waals surface area contributed by atoms with Crippen molar-refractivity contribution in [3.63, 3.8) is 0 Å². The van der Waals surface area contributed by atoms with Crippen molar-refractivity contribution >= 4 is 65.0 Å². The number of halogens is 2. The van der Waals surface area contributed by atoms with E-state index in [9.17, 15) is 13.5 Å². The molecule has 0 saturated heterocycles. The Kier molecular flexibility index (Phi) is 7.16. The smallest absolute Gasteiger partial charge is 0.229 e. The lowest BCUT2D eigenvalue weighted by Gasteiger charge is -2.15. The monoisotopic (exact) mass is 551 g/mol. The van der Waals surface area contributed by atoms with Gasteiger partial charge < -0.3 is 20.1 Å². The van der Waals surface area contributed by atoms with Gasteiger partial charge in [0.05, 0.1) is 23.6 Å². The first-order valence-electron chi connectivity index (χ1n) is 10.2. The van der Waals surface area contributed by atoms with Crippen molar-refractivity contribution in [3.8, 4) is 5.75 Å². The molecule has 0 unspecified atom stereocenters. The van der Waals surface area contributed by atoms with E-state index >= 15 is 0 Å². The predicted molar refractivity (Wildman–Crippen MR) is 137 cm³/mol. The number of nitrogens with one attached hydrogen (secondary N) is 3. The number of aromatic amines is 1. The number of ether oxygens (including phenoxy) is 1. The van der Waals surface area contributed by atoms with E-state index in [1.807, 2.05) is 36.4 Å². The van der Waals surface area contributed by atoms with E-state index < -0.39 is 16.1 Å². The van der Waals surface area contributed by atoms with Gasteiger partial charge in [-0.3, -0.25) is 4.72 Å². The maximum absolute atomic E-state index is 11.5. The Hall–Kier alpha value is -2.30. The molecule has 0 amide bonds. The molecule has 3 aromatic carbocycles. The van der Waals surface area contributed by atoms with Crippen molar-refractivity contribution in [1.82, 2.24) is 10.3 Å². The SMILES string of the molecule is CS(=O)(=O)Nc1cc([C@H](O)CNCCOc2ccc3c(c2)[nH]c2cc(Cl)ccc23)ccc1Br. The fourth-order valence-corrected chi connectivity index (χ4v) is 4.79. The summed E-state index contributed by atoms with van der Waals surface area (Å²) in [5.41, 5.74) is 2.93. The number of H-pyrrole nitrogens is 1. The molecule has 33 heavy (non-hydrogen) atoms. The van der Waals surface area contributed by atoms with Crippen LogP contribution in [0.15, 0.2) is 59.1 Å². The van der Waals surface area contributed by atoms with Gasteiger partial charge in [0.25, 0.3) is 0 Å². The van der Waals surface area contributed by atoms with Gasteiger partial charge in [-0.15, -0.1) is 0 Å². The highest BCUT2D eigenvalue weighted by molar-refractivity contribution is 9.10. The van der Waals surface area contributed by atoms with Gasteiger partial charge in [-0.1, -0.05) is 23.7 Å². The zero-order valence-electron chi connectivity index (χ0n) is 17.7. The fraction of sp³-hybridized carbons (Fsp3) is 0.217. The minimum absolute atomic E-state index is 0.297. The molecule has 0 aliphatic rings. The average Bonchev–Trinajstić information content (AvgIpc) is 3.10. The van der Waals surface area contributed by atoms with Crippen LogP contribution in [0.4, 0.5) is 5.69 Å². The number of anilines is 1. The molecule has 4 rings (SSSR count). The molecule has 4 aromatic rings. The van der Waals surface area contributed by atoms with Crippen molar-refractivity contribution in [3.05, 3.63) is 69.7 Å². The normalized spacial score (nSPS) is 12.8. The van der Waals surface area contributed by atoms with E-state index in [-0.39, 0.29) is 0 Å². The van der Waals surface area contributed by atoms with Crippen LogP contribution < -0.4 is 14.8 Å².